The van der Waals surface area contributed by atoms with Gasteiger partial charge in [0.1, 0.15) is 23.2 Å². The summed E-state index contributed by atoms with van der Waals surface area (Å²) in [5, 5.41) is 17.4. The van der Waals surface area contributed by atoms with Crippen molar-refractivity contribution in [2.24, 2.45) is 11.8 Å². The SMILES string of the molecule is CCOc1ccccc1NC(=O)C1C(=O)CC(C)(O)C(C(=O)Nc2ccccc2OCC)C1c1ccc(N(C)C)cc1. The van der Waals surface area contributed by atoms with Crippen molar-refractivity contribution in [2.45, 2.75) is 38.7 Å². The van der Waals surface area contributed by atoms with Crippen LogP contribution in [0.4, 0.5) is 17.1 Å². The Labute approximate surface area is 246 Å². The van der Waals surface area contributed by atoms with Gasteiger partial charge in [0.25, 0.3) is 0 Å². The molecule has 222 valence electrons. The fourth-order valence-electron chi connectivity index (χ4n) is 5.61. The Hall–Kier alpha value is -4.37. The van der Waals surface area contributed by atoms with E-state index in [-0.39, 0.29) is 6.42 Å². The monoisotopic (exact) mass is 573 g/mol. The molecule has 3 N–H and O–H groups in total. The number of nitrogens with zero attached hydrogens (tertiary/aromatic N) is 1. The summed E-state index contributed by atoms with van der Waals surface area (Å²) < 4.78 is 11.4. The molecule has 1 aliphatic carbocycles. The topological polar surface area (TPSA) is 117 Å². The van der Waals surface area contributed by atoms with Crippen LogP contribution in [-0.2, 0) is 14.4 Å². The number of hydrogen-bond acceptors (Lipinski definition) is 7. The van der Waals surface area contributed by atoms with Crippen LogP contribution in [0, 0.1) is 11.8 Å². The molecule has 0 radical (unpaired) electrons. The molecule has 0 spiro atoms. The Morgan fingerprint density at radius 2 is 1.36 bits per heavy atom. The molecule has 1 fully saturated rings. The second-order valence-corrected chi connectivity index (χ2v) is 10.8. The lowest BCUT2D eigenvalue weighted by Gasteiger charge is -2.44. The van der Waals surface area contributed by atoms with E-state index in [2.05, 4.69) is 10.6 Å². The predicted molar refractivity (Wildman–Crippen MR) is 163 cm³/mol. The molecule has 0 heterocycles. The number of ether oxygens (including phenoxy) is 2. The summed E-state index contributed by atoms with van der Waals surface area (Å²) in [5.74, 6) is -3.95. The van der Waals surface area contributed by atoms with Crippen molar-refractivity contribution in [1.29, 1.82) is 0 Å². The summed E-state index contributed by atoms with van der Waals surface area (Å²) in [6, 6.07) is 21.3. The van der Waals surface area contributed by atoms with E-state index in [4.69, 9.17) is 9.47 Å². The Morgan fingerprint density at radius 1 is 0.857 bits per heavy atom. The molecule has 1 saturated carbocycles. The Morgan fingerprint density at radius 3 is 1.86 bits per heavy atom. The summed E-state index contributed by atoms with van der Waals surface area (Å²) in [5.41, 5.74) is 0.622. The molecule has 9 nitrogen and oxygen atoms in total. The van der Waals surface area contributed by atoms with Crippen molar-refractivity contribution in [1.82, 2.24) is 0 Å². The Balaban J connectivity index is 1.78. The average molecular weight is 574 g/mol. The molecule has 3 aromatic rings. The lowest BCUT2D eigenvalue weighted by molar-refractivity contribution is -0.150. The van der Waals surface area contributed by atoms with E-state index >= 15 is 0 Å². The number of para-hydroxylation sites is 4. The normalized spacial score (nSPS) is 21.8. The van der Waals surface area contributed by atoms with Crippen LogP contribution in [-0.4, -0.2) is 55.6 Å². The van der Waals surface area contributed by atoms with E-state index in [1.165, 1.54) is 6.92 Å². The molecular formula is C33H39N3O6. The van der Waals surface area contributed by atoms with Crippen LogP contribution < -0.4 is 25.0 Å². The first-order valence-electron chi connectivity index (χ1n) is 14.1. The smallest absolute Gasteiger partial charge is 0.235 e. The maximum atomic E-state index is 14.1. The number of ketones is 1. The maximum Gasteiger partial charge on any atom is 0.235 e. The zero-order valence-electron chi connectivity index (χ0n) is 24.7. The van der Waals surface area contributed by atoms with Crippen LogP contribution in [0.25, 0.3) is 0 Å². The van der Waals surface area contributed by atoms with E-state index < -0.39 is 41.0 Å². The van der Waals surface area contributed by atoms with E-state index in [1.54, 1.807) is 60.7 Å². The molecule has 4 rings (SSSR count). The fraction of sp³-hybridized carbons (Fsp3) is 0.364. The van der Waals surface area contributed by atoms with Gasteiger partial charge in [0, 0.05) is 32.1 Å². The van der Waals surface area contributed by atoms with Gasteiger partial charge >= 0.3 is 0 Å². The number of carbonyl (C=O) groups is 3. The van der Waals surface area contributed by atoms with Crippen molar-refractivity contribution < 1.29 is 29.0 Å². The van der Waals surface area contributed by atoms with Gasteiger partial charge in [-0.05, 0) is 62.7 Å². The minimum atomic E-state index is -1.73. The summed E-state index contributed by atoms with van der Waals surface area (Å²) in [6.45, 7) is 5.95. The molecule has 3 aromatic carbocycles. The predicted octanol–water partition coefficient (Wildman–Crippen LogP) is 4.87. The molecule has 4 unspecified atom stereocenters. The highest BCUT2D eigenvalue weighted by molar-refractivity contribution is 6.11. The largest absolute Gasteiger partial charge is 0.492 e. The zero-order chi connectivity index (χ0) is 30.4. The molecule has 42 heavy (non-hydrogen) atoms. The van der Waals surface area contributed by atoms with Gasteiger partial charge in [0.05, 0.1) is 36.1 Å². The summed E-state index contributed by atoms with van der Waals surface area (Å²) in [6.07, 6.45) is -0.365. The summed E-state index contributed by atoms with van der Waals surface area (Å²) >= 11 is 0. The number of rotatable bonds is 10. The van der Waals surface area contributed by atoms with Crippen molar-refractivity contribution in [3.8, 4) is 11.5 Å². The molecule has 0 aliphatic heterocycles. The first-order chi connectivity index (χ1) is 20.1. The Kier molecular flexibility index (Phi) is 9.52. The van der Waals surface area contributed by atoms with E-state index in [0.29, 0.717) is 41.7 Å². The van der Waals surface area contributed by atoms with Gasteiger partial charge in [-0.1, -0.05) is 36.4 Å². The summed E-state index contributed by atoms with van der Waals surface area (Å²) in [7, 11) is 3.81. The number of anilines is 3. The number of nitrogens with one attached hydrogen (secondary N) is 2. The van der Waals surface area contributed by atoms with Gasteiger partial charge in [-0.2, -0.15) is 0 Å². The number of aliphatic hydroxyl groups is 1. The highest BCUT2D eigenvalue weighted by atomic mass is 16.5. The van der Waals surface area contributed by atoms with Crippen LogP contribution >= 0.6 is 0 Å². The van der Waals surface area contributed by atoms with Crippen molar-refractivity contribution >= 4 is 34.7 Å². The number of amides is 2. The number of benzene rings is 3. The van der Waals surface area contributed by atoms with E-state index in [9.17, 15) is 19.5 Å². The van der Waals surface area contributed by atoms with Crippen LogP contribution in [0.3, 0.4) is 0 Å². The number of hydrogen-bond donors (Lipinski definition) is 3. The average Bonchev–Trinajstić information content (AvgIpc) is 2.94. The molecule has 0 saturated heterocycles. The third-order valence-electron chi connectivity index (χ3n) is 7.52. The van der Waals surface area contributed by atoms with Crippen LogP contribution in [0.15, 0.2) is 72.8 Å². The fourth-order valence-corrected chi connectivity index (χ4v) is 5.61. The second-order valence-electron chi connectivity index (χ2n) is 10.8. The minimum absolute atomic E-state index is 0.365. The van der Waals surface area contributed by atoms with Gasteiger partial charge in [0.2, 0.25) is 11.8 Å². The molecule has 0 bridgehead atoms. The molecule has 4 atom stereocenters. The van der Waals surface area contributed by atoms with Crippen molar-refractivity contribution in [3.05, 3.63) is 78.4 Å². The van der Waals surface area contributed by atoms with Crippen LogP contribution in [0.5, 0.6) is 11.5 Å². The van der Waals surface area contributed by atoms with Crippen molar-refractivity contribution in [2.75, 3.05) is 42.8 Å². The van der Waals surface area contributed by atoms with E-state index in [1.807, 2.05) is 45.0 Å². The first-order valence-corrected chi connectivity index (χ1v) is 14.1. The standard InChI is InChI=1S/C33H39N3O6/c1-6-41-26-14-10-8-12-23(26)34-31(38)29-25(37)20-33(3,40)30(28(29)21-16-18-22(19-17-21)36(4)5)32(39)35-24-13-9-11-15-27(24)42-7-2/h8-19,28-30,40H,6-7,20H2,1-5H3,(H,34,38)(H,35,39). The van der Waals surface area contributed by atoms with Gasteiger partial charge in [-0.15, -0.1) is 0 Å². The van der Waals surface area contributed by atoms with Gasteiger partial charge in [-0.25, -0.2) is 0 Å². The maximum absolute atomic E-state index is 14.1. The summed E-state index contributed by atoms with van der Waals surface area (Å²) in [4.78, 5) is 43.6. The lowest BCUT2D eigenvalue weighted by Crippen LogP contribution is -2.56. The molecule has 2 amide bonds. The highest BCUT2D eigenvalue weighted by Crippen LogP contribution is 2.47. The van der Waals surface area contributed by atoms with E-state index in [0.717, 1.165) is 5.69 Å². The minimum Gasteiger partial charge on any atom is -0.492 e. The highest BCUT2D eigenvalue weighted by Gasteiger charge is 2.56. The molecule has 9 heteroatoms. The third kappa shape index (κ3) is 6.57. The molecule has 0 aromatic heterocycles. The molecular weight excluding hydrogens is 534 g/mol. The number of carbonyl (C=O) groups excluding carboxylic acids is 3. The quantitative estimate of drug-likeness (QED) is 0.296. The van der Waals surface area contributed by atoms with Crippen LogP contribution in [0.1, 0.15) is 38.7 Å². The van der Waals surface area contributed by atoms with Gasteiger partial charge < -0.3 is 30.1 Å². The lowest BCUT2D eigenvalue weighted by atomic mass is 9.61. The third-order valence-corrected chi connectivity index (χ3v) is 7.52. The van der Waals surface area contributed by atoms with Crippen LogP contribution in [0.2, 0.25) is 0 Å². The molecule has 1 aliphatic rings. The first kappa shape index (κ1) is 30.6. The zero-order valence-corrected chi connectivity index (χ0v) is 24.7. The Bertz CT molecular complexity index is 1420. The van der Waals surface area contributed by atoms with Gasteiger partial charge in [-0.3, -0.25) is 14.4 Å². The second kappa shape index (κ2) is 13.1. The van der Waals surface area contributed by atoms with Gasteiger partial charge in [0.15, 0.2) is 0 Å². The van der Waals surface area contributed by atoms with Crippen molar-refractivity contribution in [3.63, 3.8) is 0 Å². The number of Topliss-reactive ketones (excluding diaryl/α,β-unsaturated/α-hetero) is 1.